The molecule has 1 rings (SSSR count). The quantitative estimate of drug-likeness (QED) is 0.796. The maximum absolute atomic E-state index is 12.3. The zero-order chi connectivity index (χ0) is 10.9. The molecular weight excluding hydrogens is 201 g/mol. The molecule has 0 radical (unpaired) electrons. The topological polar surface area (TPSA) is 55.1 Å². The average Bonchev–Trinajstić information content (AvgIpc) is 2.28. The van der Waals surface area contributed by atoms with Gasteiger partial charge < -0.3 is 5.11 Å². The minimum atomic E-state index is -4.57. The number of rotatable bonds is 2. The number of hydrogen-bond acceptors (Lipinski definition) is 2. The zero-order valence-electron chi connectivity index (χ0n) is 7.17. The molecular formula is C7H7F3N2O2. The Morgan fingerprint density at radius 3 is 2.64 bits per heavy atom. The summed E-state index contributed by atoms with van der Waals surface area (Å²) < 4.78 is 37.4. The first-order chi connectivity index (χ1) is 6.32. The summed E-state index contributed by atoms with van der Waals surface area (Å²) in [5.74, 6) is -1.36. The van der Waals surface area contributed by atoms with Gasteiger partial charge in [0.15, 0.2) is 0 Å². The highest BCUT2D eigenvalue weighted by Crippen LogP contribution is 2.31. The van der Waals surface area contributed by atoms with Crippen LogP contribution in [0.1, 0.15) is 11.3 Å². The Bertz CT molecular complexity index is 356. The van der Waals surface area contributed by atoms with Gasteiger partial charge >= 0.3 is 12.1 Å². The SMILES string of the molecule is Cc1cnn(CC(=O)O)c1C(F)(F)F. The third-order valence-corrected chi connectivity index (χ3v) is 1.58. The van der Waals surface area contributed by atoms with E-state index in [9.17, 15) is 18.0 Å². The van der Waals surface area contributed by atoms with Crippen LogP contribution >= 0.6 is 0 Å². The van der Waals surface area contributed by atoms with Crippen molar-refractivity contribution in [3.63, 3.8) is 0 Å². The van der Waals surface area contributed by atoms with E-state index in [1.165, 1.54) is 6.92 Å². The van der Waals surface area contributed by atoms with Crippen LogP contribution in [0.2, 0.25) is 0 Å². The van der Waals surface area contributed by atoms with Crippen LogP contribution in [0.3, 0.4) is 0 Å². The number of carboxylic acids is 1. The summed E-state index contributed by atoms with van der Waals surface area (Å²) in [4.78, 5) is 10.2. The van der Waals surface area contributed by atoms with Gasteiger partial charge in [0.25, 0.3) is 0 Å². The Kier molecular flexibility index (Phi) is 2.50. The fourth-order valence-electron chi connectivity index (χ4n) is 1.10. The molecule has 0 aliphatic carbocycles. The molecule has 0 amide bonds. The van der Waals surface area contributed by atoms with E-state index < -0.39 is 24.4 Å². The molecule has 0 aliphatic heterocycles. The van der Waals surface area contributed by atoms with E-state index in [2.05, 4.69) is 5.10 Å². The molecule has 1 N–H and O–H groups in total. The number of carbonyl (C=O) groups is 1. The van der Waals surface area contributed by atoms with Crippen LogP contribution in [0.25, 0.3) is 0 Å². The lowest BCUT2D eigenvalue weighted by Crippen LogP contribution is -2.19. The molecule has 0 unspecified atom stereocenters. The van der Waals surface area contributed by atoms with Crippen LogP contribution in [-0.2, 0) is 17.5 Å². The third kappa shape index (κ3) is 2.04. The number of aromatic nitrogens is 2. The van der Waals surface area contributed by atoms with Crippen LogP contribution in [0.5, 0.6) is 0 Å². The van der Waals surface area contributed by atoms with Gasteiger partial charge in [0.2, 0.25) is 0 Å². The van der Waals surface area contributed by atoms with Gasteiger partial charge in [-0.15, -0.1) is 0 Å². The molecule has 0 aromatic carbocycles. The number of halogens is 3. The lowest BCUT2D eigenvalue weighted by Gasteiger charge is -2.09. The molecule has 0 saturated heterocycles. The molecule has 0 aliphatic rings. The Labute approximate surface area is 77.0 Å². The minimum Gasteiger partial charge on any atom is -0.480 e. The first-order valence-corrected chi connectivity index (χ1v) is 3.63. The van der Waals surface area contributed by atoms with Crippen LogP contribution in [0, 0.1) is 6.92 Å². The summed E-state index contributed by atoms with van der Waals surface area (Å²) in [5.41, 5.74) is -1.10. The highest BCUT2D eigenvalue weighted by molar-refractivity contribution is 5.66. The molecule has 1 aromatic heterocycles. The van der Waals surface area contributed by atoms with Crippen LogP contribution < -0.4 is 0 Å². The fourth-order valence-corrected chi connectivity index (χ4v) is 1.10. The van der Waals surface area contributed by atoms with E-state index in [0.29, 0.717) is 4.68 Å². The van der Waals surface area contributed by atoms with E-state index >= 15 is 0 Å². The third-order valence-electron chi connectivity index (χ3n) is 1.58. The molecule has 0 fully saturated rings. The van der Waals surface area contributed by atoms with Gasteiger partial charge in [0.1, 0.15) is 12.2 Å². The predicted octanol–water partition coefficient (Wildman–Crippen LogP) is 1.29. The summed E-state index contributed by atoms with van der Waals surface area (Å²) in [6.45, 7) is 0.441. The highest BCUT2D eigenvalue weighted by Gasteiger charge is 2.37. The first kappa shape index (κ1) is 10.6. The van der Waals surface area contributed by atoms with Gasteiger partial charge in [-0.3, -0.25) is 4.79 Å². The minimum absolute atomic E-state index is 0.0845. The Balaban J connectivity index is 3.13. The molecule has 0 saturated carbocycles. The maximum atomic E-state index is 12.3. The van der Waals surface area contributed by atoms with E-state index in [1.807, 2.05) is 0 Å². The Hall–Kier alpha value is -1.53. The van der Waals surface area contributed by atoms with Crippen molar-refractivity contribution in [3.05, 3.63) is 17.5 Å². The number of alkyl halides is 3. The highest BCUT2D eigenvalue weighted by atomic mass is 19.4. The average molecular weight is 208 g/mol. The number of aryl methyl sites for hydroxylation is 1. The van der Waals surface area contributed by atoms with E-state index in [0.717, 1.165) is 6.20 Å². The second-order valence-corrected chi connectivity index (χ2v) is 2.73. The fraction of sp³-hybridized carbons (Fsp3) is 0.429. The second-order valence-electron chi connectivity index (χ2n) is 2.73. The summed E-state index contributed by atoms with van der Waals surface area (Å²) >= 11 is 0. The number of hydrogen-bond donors (Lipinski definition) is 1. The largest absolute Gasteiger partial charge is 0.480 e. The van der Waals surface area contributed by atoms with Crippen molar-refractivity contribution in [2.75, 3.05) is 0 Å². The lowest BCUT2D eigenvalue weighted by molar-refractivity contribution is -0.147. The smallest absolute Gasteiger partial charge is 0.433 e. The Morgan fingerprint density at radius 2 is 2.21 bits per heavy atom. The first-order valence-electron chi connectivity index (χ1n) is 3.63. The Morgan fingerprint density at radius 1 is 1.64 bits per heavy atom. The molecule has 1 heterocycles. The molecule has 7 heteroatoms. The van der Waals surface area contributed by atoms with Gasteiger partial charge in [0, 0.05) is 0 Å². The summed E-state index contributed by atoms with van der Waals surface area (Å²) in [7, 11) is 0. The van der Waals surface area contributed by atoms with E-state index in [-0.39, 0.29) is 5.56 Å². The zero-order valence-corrected chi connectivity index (χ0v) is 7.17. The van der Waals surface area contributed by atoms with Gasteiger partial charge in [-0.05, 0) is 12.5 Å². The van der Waals surface area contributed by atoms with Gasteiger partial charge in [-0.2, -0.15) is 18.3 Å². The molecule has 0 atom stereocenters. The van der Waals surface area contributed by atoms with Crippen molar-refractivity contribution in [2.45, 2.75) is 19.6 Å². The van der Waals surface area contributed by atoms with Crippen LogP contribution in [-0.4, -0.2) is 20.9 Å². The van der Waals surface area contributed by atoms with Crippen LogP contribution in [0.15, 0.2) is 6.20 Å². The molecule has 0 spiro atoms. The predicted molar refractivity (Wildman–Crippen MR) is 39.6 cm³/mol. The second kappa shape index (κ2) is 3.32. The van der Waals surface area contributed by atoms with Gasteiger partial charge in [-0.25, -0.2) is 4.68 Å². The standard InChI is InChI=1S/C7H7F3N2O2/c1-4-2-11-12(3-5(13)14)6(4)7(8,9)10/h2H,3H2,1H3,(H,13,14). The lowest BCUT2D eigenvalue weighted by atomic mass is 10.2. The number of carboxylic acid groups (broad SMARTS) is 1. The van der Waals surface area contributed by atoms with Crippen molar-refractivity contribution in [3.8, 4) is 0 Å². The van der Waals surface area contributed by atoms with E-state index in [1.54, 1.807) is 0 Å². The molecule has 14 heavy (non-hydrogen) atoms. The maximum Gasteiger partial charge on any atom is 0.433 e. The monoisotopic (exact) mass is 208 g/mol. The van der Waals surface area contributed by atoms with Crippen molar-refractivity contribution >= 4 is 5.97 Å². The number of nitrogens with zero attached hydrogens (tertiary/aromatic N) is 2. The van der Waals surface area contributed by atoms with Crippen molar-refractivity contribution in [2.24, 2.45) is 0 Å². The van der Waals surface area contributed by atoms with E-state index in [4.69, 9.17) is 5.11 Å². The van der Waals surface area contributed by atoms with Gasteiger partial charge in [0.05, 0.1) is 6.20 Å². The summed E-state index contributed by atoms with van der Waals surface area (Å²) in [6.07, 6.45) is -3.58. The normalized spacial score (nSPS) is 11.7. The number of aliphatic carboxylic acids is 1. The summed E-state index contributed by atoms with van der Waals surface area (Å²) in [6, 6.07) is 0. The van der Waals surface area contributed by atoms with Gasteiger partial charge in [-0.1, -0.05) is 0 Å². The molecule has 4 nitrogen and oxygen atoms in total. The van der Waals surface area contributed by atoms with Crippen LogP contribution in [0.4, 0.5) is 13.2 Å². The molecule has 0 bridgehead atoms. The summed E-state index contributed by atoms with van der Waals surface area (Å²) in [5, 5.41) is 11.7. The van der Waals surface area contributed by atoms with Crippen molar-refractivity contribution in [1.82, 2.24) is 9.78 Å². The van der Waals surface area contributed by atoms with Crippen molar-refractivity contribution in [1.29, 1.82) is 0 Å². The molecule has 78 valence electrons. The van der Waals surface area contributed by atoms with Crippen molar-refractivity contribution < 1.29 is 23.1 Å². The molecule has 1 aromatic rings.